The molecule has 24 heavy (non-hydrogen) atoms. The topological polar surface area (TPSA) is 0 Å². The Labute approximate surface area is 171 Å². The molecule has 3 rings (SSSR count). The maximum atomic E-state index is 2.57. The van der Waals surface area contributed by atoms with Crippen LogP contribution in [0.15, 0.2) is 50.4 Å². The Bertz CT molecular complexity index is 753. The summed E-state index contributed by atoms with van der Waals surface area (Å²) in [6.45, 7) is 16.7. The number of halogens is 2. The van der Waals surface area contributed by atoms with Gasteiger partial charge in [-0.05, 0) is 0 Å². The van der Waals surface area contributed by atoms with Crippen molar-refractivity contribution in [2.24, 2.45) is 5.41 Å². The van der Waals surface area contributed by atoms with Crippen LogP contribution < -0.4 is 0 Å². The molecule has 0 nitrogen and oxygen atoms in total. The fraction of sp³-hybridized carbons (Fsp3) is 0.429. The van der Waals surface area contributed by atoms with Gasteiger partial charge in [0.2, 0.25) is 0 Å². The van der Waals surface area contributed by atoms with Crippen LogP contribution >= 0.6 is 24.8 Å². The number of hydrogen-bond acceptors (Lipinski definition) is 0. The Kier molecular flexibility index (Phi) is 6.63. The molecule has 0 radical (unpaired) electrons. The van der Waals surface area contributed by atoms with E-state index in [1.54, 1.807) is 22.3 Å². The van der Waals surface area contributed by atoms with Crippen LogP contribution in [0.5, 0.6) is 0 Å². The molecule has 1 atom stereocenters. The monoisotopic (exact) mass is 530 g/mol. The predicted molar refractivity (Wildman–Crippen MR) is 107 cm³/mol. The van der Waals surface area contributed by atoms with Crippen molar-refractivity contribution in [1.82, 2.24) is 0 Å². The second kappa shape index (κ2) is 7.25. The van der Waals surface area contributed by atoms with Crippen LogP contribution in [0, 0.1) is 5.41 Å². The zero-order chi connectivity index (χ0) is 16.3. The van der Waals surface area contributed by atoms with Crippen molar-refractivity contribution >= 4 is 30.4 Å². The number of hydrogen-bond donors (Lipinski definition) is 0. The summed E-state index contributed by atoms with van der Waals surface area (Å²) >= 11 is -1.04. The molecule has 0 saturated heterocycles. The Morgan fingerprint density at radius 2 is 1.42 bits per heavy atom. The van der Waals surface area contributed by atoms with Gasteiger partial charge in [0.05, 0.1) is 0 Å². The van der Waals surface area contributed by atoms with Gasteiger partial charge in [-0.1, -0.05) is 0 Å². The minimum absolute atomic E-state index is 0. The molecule has 0 heterocycles. The zero-order valence-electron chi connectivity index (χ0n) is 15.7. The van der Waals surface area contributed by atoms with Crippen molar-refractivity contribution in [1.29, 1.82) is 0 Å². The minimum atomic E-state index is -1.04. The summed E-state index contributed by atoms with van der Waals surface area (Å²) in [6, 6.07) is 9.05. The molecule has 2 aliphatic rings. The third-order valence-electron chi connectivity index (χ3n) is 5.86. The minimum Gasteiger partial charge on any atom is -0.147 e. The Hall–Kier alpha value is -0.110. The molecule has 0 amide bonds. The molecular weight excluding hydrogens is 502 g/mol. The van der Waals surface area contributed by atoms with Crippen LogP contribution in [-0.2, 0) is 26.1 Å². The van der Waals surface area contributed by atoms with E-state index in [2.05, 4.69) is 78.8 Å². The first kappa shape index (κ1) is 21.9. The predicted octanol–water partition coefficient (Wildman–Crippen LogP) is 6.90. The standard InChI is InChI=1S/C11H11.C10H15.2ClH.Hf/c1-8-7-9(2)11-6-4-3-5-10(8)11;1-7-6-10(4,5)9(3)8(7)2;;;/h3-7H,1-2H3;1-5H3;2*1H;. The molecule has 0 aromatic heterocycles. The van der Waals surface area contributed by atoms with Crippen LogP contribution in [-0.4, -0.2) is 0 Å². The summed E-state index contributed by atoms with van der Waals surface area (Å²) in [4.78, 5) is 0. The first-order valence-corrected chi connectivity index (χ1v) is 11.7. The number of benzene rings is 1. The molecule has 1 unspecified atom stereocenters. The van der Waals surface area contributed by atoms with E-state index in [4.69, 9.17) is 0 Å². The third kappa shape index (κ3) is 3.17. The third-order valence-corrected chi connectivity index (χ3v) is 13.7. The molecule has 0 bridgehead atoms. The van der Waals surface area contributed by atoms with E-state index < -0.39 is 22.9 Å². The smallest absolute Gasteiger partial charge is 0.147 e. The molecular formula is C21H28Cl2Hf. The molecule has 0 aliphatic heterocycles. The SMILES string of the molecule is CC1=C[C](C)([Hf][C]2=C(C)C(C)=C(C)C2(C)C)c2ccccc21.Cl.Cl. The van der Waals surface area contributed by atoms with Gasteiger partial charge in [0.25, 0.3) is 0 Å². The molecule has 0 spiro atoms. The first-order chi connectivity index (χ1) is 10.2. The van der Waals surface area contributed by atoms with Crippen molar-refractivity contribution in [3.05, 3.63) is 61.5 Å². The maximum absolute atomic E-state index is 2.57. The van der Waals surface area contributed by atoms with Crippen molar-refractivity contribution in [2.45, 2.75) is 51.6 Å². The van der Waals surface area contributed by atoms with Crippen molar-refractivity contribution in [3.63, 3.8) is 0 Å². The Morgan fingerprint density at radius 1 is 0.833 bits per heavy atom. The van der Waals surface area contributed by atoms with Gasteiger partial charge in [-0.25, -0.2) is 0 Å². The van der Waals surface area contributed by atoms with Crippen LogP contribution in [0.1, 0.15) is 59.6 Å². The molecule has 1 aromatic carbocycles. The zero-order valence-corrected chi connectivity index (χ0v) is 20.9. The Balaban J connectivity index is 0.00000144. The van der Waals surface area contributed by atoms with E-state index in [0.717, 1.165) is 0 Å². The fourth-order valence-corrected chi connectivity index (χ4v) is 11.4. The van der Waals surface area contributed by atoms with Gasteiger partial charge in [-0.15, -0.1) is 24.8 Å². The normalized spacial score (nSPS) is 24.2. The quantitative estimate of drug-likeness (QED) is 0.366. The van der Waals surface area contributed by atoms with Gasteiger partial charge in [-0.2, -0.15) is 0 Å². The molecule has 0 saturated carbocycles. The average molecular weight is 530 g/mol. The second-order valence-corrected chi connectivity index (χ2v) is 14.0. The van der Waals surface area contributed by atoms with Crippen LogP contribution in [0.3, 0.4) is 0 Å². The van der Waals surface area contributed by atoms with Crippen molar-refractivity contribution in [2.75, 3.05) is 0 Å². The fourth-order valence-electron chi connectivity index (χ4n) is 4.08. The molecule has 130 valence electrons. The van der Waals surface area contributed by atoms with Crippen molar-refractivity contribution in [3.8, 4) is 0 Å². The van der Waals surface area contributed by atoms with Gasteiger partial charge < -0.3 is 0 Å². The summed E-state index contributed by atoms with van der Waals surface area (Å²) < 4.78 is 2.13. The maximum Gasteiger partial charge on any atom is -0.147 e. The van der Waals surface area contributed by atoms with Crippen LogP contribution in [0.4, 0.5) is 0 Å². The summed E-state index contributed by atoms with van der Waals surface area (Å²) in [5.74, 6) is 0. The number of fused-ring (bicyclic) bond motifs is 1. The van der Waals surface area contributed by atoms with E-state index >= 15 is 0 Å². The van der Waals surface area contributed by atoms with Gasteiger partial charge >= 0.3 is 147 Å². The van der Waals surface area contributed by atoms with Gasteiger partial charge in [-0.3, -0.25) is 0 Å². The average Bonchev–Trinajstić information content (AvgIpc) is 2.81. The molecule has 2 aliphatic carbocycles. The molecule has 0 N–H and O–H groups in total. The van der Waals surface area contributed by atoms with Gasteiger partial charge in [0, 0.05) is 0 Å². The van der Waals surface area contributed by atoms with E-state index in [1.807, 2.05) is 3.33 Å². The molecule has 3 heteroatoms. The largest absolute Gasteiger partial charge is 0.147 e. The Morgan fingerprint density at radius 3 is 1.96 bits per heavy atom. The summed E-state index contributed by atoms with van der Waals surface area (Å²) in [5.41, 5.74) is 9.54. The number of rotatable bonds is 2. The van der Waals surface area contributed by atoms with E-state index in [0.29, 0.717) is 3.17 Å². The second-order valence-electron chi connectivity index (χ2n) is 7.58. The van der Waals surface area contributed by atoms with Crippen molar-refractivity contribution < 1.29 is 22.9 Å². The molecule has 0 fully saturated rings. The summed E-state index contributed by atoms with van der Waals surface area (Å²) in [6.07, 6.45) is 2.57. The number of allylic oxidation sites excluding steroid dienone is 6. The van der Waals surface area contributed by atoms with E-state index in [9.17, 15) is 0 Å². The summed E-state index contributed by atoms with van der Waals surface area (Å²) in [7, 11) is 0. The molecule has 1 aromatic rings. The first-order valence-electron chi connectivity index (χ1n) is 8.15. The van der Waals surface area contributed by atoms with E-state index in [1.165, 1.54) is 11.1 Å². The van der Waals surface area contributed by atoms with Crippen LogP contribution in [0.25, 0.3) is 5.57 Å². The van der Waals surface area contributed by atoms with E-state index in [-0.39, 0.29) is 30.2 Å². The summed E-state index contributed by atoms with van der Waals surface area (Å²) in [5, 5.41) is 0. The van der Waals surface area contributed by atoms with Gasteiger partial charge in [0.15, 0.2) is 0 Å². The van der Waals surface area contributed by atoms with Crippen LogP contribution in [0.2, 0.25) is 0 Å². The van der Waals surface area contributed by atoms with Gasteiger partial charge in [0.1, 0.15) is 0 Å².